The van der Waals surface area contributed by atoms with Gasteiger partial charge in [-0.3, -0.25) is 14.6 Å². The summed E-state index contributed by atoms with van der Waals surface area (Å²) >= 11 is 0. The van der Waals surface area contributed by atoms with Crippen molar-refractivity contribution in [3.05, 3.63) is 101 Å². The summed E-state index contributed by atoms with van der Waals surface area (Å²) < 4.78 is 5.95. The molecule has 1 saturated heterocycles. The first-order valence-electron chi connectivity index (χ1n) is 12.0. The minimum Gasteiger partial charge on any atom is -0.507 e. The van der Waals surface area contributed by atoms with Gasteiger partial charge in [0.25, 0.3) is 11.7 Å². The first-order valence-corrected chi connectivity index (χ1v) is 12.0. The number of rotatable bonds is 9. The molecule has 0 unspecified atom stereocenters. The van der Waals surface area contributed by atoms with Crippen LogP contribution in [0.15, 0.2) is 78.6 Å². The van der Waals surface area contributed by atoms with Crippen molar-refractivity contribution in [2.24, 2.45) is 0 Å². The zero-order valence-electron chi connectivity index (χ0n) is 20.8. The number of pyridine rings is 1. The summed E-state index contributed by atoms with van der Waals surface area (Å²) in [5.41, 5.74) is 3.08. The Bertz CT molecular complexity index is 1260. The fourth-order valence-electron chi connectivity index (χ4n) is 4.40. The molecule has 4 rings (SSSR count). The molecule has 0 radical (unpaired) electrons. The zero-order valence-corrected chi connectivity index (χ0v) is 20.8. The molecule has 0 aliphatic carbocycles. The van der Waals surface area contributed by atoms with Gasteiger partial charge in [-0.15, -0.1) is 0 Å². The average molecular weight is 486 g/mol. The smallest absolute Gasteiger partial charge is 0.295 e. The van der Waals surface area contributed by atoms with Crippen molar-refractivity contribution in [1.29, 1.82) is 0 Å². The highest BCUT2D eigenvalue weighted by Gasteiger charge is 2.45. The molecule has 0 saturated carbocycles. The molecule has 1 aliphatic rings. The summed E-state index contributed by atoms with van der Waals surface area (Å²) in [6.07, 6.45) is 3.97. The molecule has 0 bridgehead atoms. The van der Waals surface area contributed by atoms with Gasteiger partial charge in [0.2, 0.25) is 0 Å². The number of ether oxygens (including phenoxy) is 1. The summed E-state index contributed by atoms with van der Waals surface area (Å²) in [5, 5.41) is 11.3. The highest BCUT2D eigenvalue weighted by Crippen LogP contribution is 2.39. The first-order chi connectivity index (χ1) is 17.4. The van der Waals surface area contributed by atoms with Crippen LogP contribution in [-0.2, 0) is 16.2 Å². The van der Waals surface area contributed by atoms with Gasteiger partial charge in [-0.25, -0.2) is 0 Å². The molecule has 2 aromatic carbocycles. The van der Waals surface area contributed by atoms with Gasteiger partial charge < -0.3 is 19.6 Å². The van der Waals surface area contributed by atoms with Crippen LogP contribution in [-0.4, -0.2) is 58.8 Å². The predicted octanol–water partition coefficient (Wildman–Crippen LogP) is 4.34. The van der Waals surface area contributed by atoms with E-state index in [4.69, 9.17) is 4.74 Å². The van der Waals surface area contributed by atoms with Crippen LogP contribution in [0.4, 0.5) is 0 Å². The summed E-state index contributed by atoms with van der Waals surface area (Å²) in [6, 6.07) is 18.0. The van der Waals surface area contributed by atoms with Gasteiger partial charge in [-0.05, 0) is 74.9 Å². The number of benzene rings is 2. The standard InChI is InChI=1S/C29H31N3O4/c1-20-17-22(12-13-24(20)36-19-21-9-5-4-6-10-21)27(33)25-26(23-11-7-14-30-18-23)32(29(35)28(25)34)16-8-15-31(2)3/h4-7,9-14,17-18,26,33H,8,15-16,19H2,1-3H3/t26-/m1/s1. The van der Waals surface area contributed by atoms with Gasteiger partial charge in [0.1, 0.15) is 18.1 Å². The van der Waals surface area contributed by atoms with E-state index in [1.807, 2.05) is 62.3 Å². The Morgan fingerprint density at radius 2 is 1.86 bits per heavy atom. The lowest BCUT2D eigenvalue weighted by molar-refractivity contribution is -0.139. The normalized spacial score (nSPS) is 17.1. The zero-order chi connectivity index (χ0) is 25.7. The number of hydrogen-bond donors (Lipinski definition) is 1. The lowest BCUT2D eigenvalue weighted by Crippen LogP contribution is -2.32. The highest BCUT2D eigenvalue weighted by molar-refractivity contribution is 6.46. The van der Waals surface area contributed by atoms with Gasteiger partial charge in [0, 0.05) is 24.5 Å². The van der Waals surface area contributed by atoms with Crippen LogP contribution < -0.4 is 4.74 Å². The largest absolute Gasteiger partial charge is 0.507 e. The number of aromatic nitrogens is 1. The van der Waals surface area contributed by atoms with E-state index >= 15 is 0 Å². The molecule has 36 heavy (non-hydrogen) atoms. The number of nitrogens with zero attached hydrogens (tertiary/aromatic N) is 3. The molecule has 0 spiro atoms. The van der Waals surface area contributed by atoms with Crippen LogP contribution in [0, 0.1) is 6.92 Å². The second-order valence-electron chi connectivity index (χ2n) is 9.19. The minimum atomic E-state index is -0.699. The van der Waals surface area contributed by atoms with E-state index in [9.17, 15) is 14.7 Å². The van der Waals surface area contributed by atoms with Crippen LogP contribution in [0.25, 0.3) is 5.76 Å². The number of Topliss-reactive ketones (excluding diaryl/α,β-unsaturated/α-hetero) is 1. The van der Waals surface area contributed by atoms with Gasteiger partial charge in [0.15, 0.2) is 0 Å². The predicted molar refractivity (Wildman–Crippen MR) is 138 cm³/mol. The van der Waals surface area contributed by atoms with E-state index < -0.39 is 17.7 Å². The summed E-state index contributed by atoms with van der Waals surface area (Å²) in [7, 11) is 3.92. The maximum Gasteiger partial charge on any atom is 0.295 e. The Kier molecular flexibility index (Phi) is 7.80. The van der Waals surface area contributed by atoms with Crippen LogP contribution in [0.1, 0.15) is 34.7 Å². The van der Waals surface area contributed by atoms with Gasteiger partial charge in [0.05, 0.1) is 11.6 Å². The van der Waals surface area contributed by atoms with Crippen molar-refractivity contribution >= 4 is 17.4 Å². The number of carbonyl (C=O) groups is 2. The van der Waals surface area contributed by atoms with E-state index in [-0.39, 0.29) is 11.3 Å². The lowest BCUT2D eigenvalue weighted by atomic mass is 9.95. The summed E-state index contributed by atoms with van der Waals surface area (Å²) in [4.78, 5) is 33.9. The molecule has 3 aromatic rings. The number of aliphatic hydroxyl groups excluding tert-OH is 1. The maximum atomic E-state index is 13.2. The van der Waals surface area contributed by atoms with Crippen LogP contribution in [0.2, 0.25) is 0 Å². The van der Waals surface area contributed by atoms with Crippen molar-refractivity contribution in [3.8, 4) is 5.75 Å². The third kappa shape index (κ3) is 5.47. The quantitative estimate of drug-likeness (QED) is 0.276. The maximum absolute atomic E-state index is 13.2. The molecule has 7 heteroatoms. The monoisotopic (exact) mass is 485 g/mol. The van der Waals surface area contributed by atoms with Crippen LogP contribution in [0.5, 0.6) is 5.75 Å². The van der Waals surface area contributed by atoms with Crippen molar-refractivity contribution in [2.45, 2.75) is 26.0 Å². The average Bonchev–Trinajstić information content (AvgIpc) is 3.13. The topological polar surface area (TPSA) is 83.0 Å². The Labute approximate surface area is 211 Å². The number of aryl methyl sites for hydroxylation is 1. The molecule has 1 aromatic heterocycles. The summed E-state index contributed by atoms with van der Waals surface area (Å²) in [5.74, 6) is -0.810. The molecule has 1 aliphatic heterocycles. The molecular weight excluding hydrogens is 454 g/mol. The molecular formula is C29H31N3O4. The number of amides is 1. The van der Waals surface area contributed by atoms with E-state index in [0.29, 0.717) is 36.4 Å². The van der Waals surface area contributed by atoms with Crippen molar-refractivity contribution in [3.63, 3.8) is 0 Å². The SMILES string of the molecule is Cc1cc(C(O)=C2C(=O)C(=O)N(CCCN(C)C)[C@@H]2c2cccnc2)ccc1OCc1ccccc1. The van der Waals surface area contributed by atoms with Gasteiger partial charge in [-0.2, -0.15) is 0 Å². The third-order valence-electron chi connectivity index (χ3n) is 6.23. The van der Waals surface area contributed by atoms with Crippen molar-refractivity contribution < 1.29 is 19.4 Å². The number of carbonyl (C=O) groups excluding carboxylic acids is 2. The number of aliphatic hydroxyl groups is 1. The number of hydrogen-bond acceptors (Lipinski definition) is 6. The molecule has 7 nitrogen and oxygen atoms in total. The van der Waals surface area contributed by atoms with E-state index in [2.05, 4.69) is 4.98 Å². The van der Waals surface area contributed by atoms with Crippen molar-refractivity contribution in [2.75, 3.05) is 27.2 Å². The Balaban J connectivity index is 1.66. The number of likely N-dealkylation sites (tertiary alicyclic amines) is 1. The first kappa shape index (κ1) is 25.1. The highest BCUT2D eigenvalue weighted by atomic mass is 16.5. The van der Waals surface area contributed by atoms with Crippen LogP contribution in [0.3, 0.4) is 0 Å². The van der Waals surface area contributed by atoms with Gasteiger partial charge >= 0.3 is 0 Å². The molecule has 186 valence electrons. The summed E-state index contributed by atoms with van der Waals surface area (Å²) in [6.45, 7) is 3.47. The molecule has 1 amide bonds. The second kappa shape index (κ2) is 11.2. The van der Waals surface area contributed by atoms with Crippen molar-refractivity contribution in [1.82, 2.24) is 14.8 Å². The van der Waals surface area contributed by atoms with Gasteiger partial charge in [-0.1, -0.05) is 36.4 Å². The van der Waals surface area contributed by atoms with E-state index in [0.717, 1.165) is 17.7 Å². The van der Waals surface area contributed by atoms with E-state index in [1.54, 1.807) is 41.6 Å². The number of ketones is 1. The minimum absolute atomic E-state index is 0.0789. The lowest BCUT2D eigenvalue weighted by Gasteiger charge is -2.25. The fourth-order valence-corrected chi connectivity index (χ4v) is 4.40. The fraction of sp³-hybridized carbons (Fsp3) is 0.276. The van der Waals surface area contributed by atoms with Crippen LogP contribution >= 0.6 is 0 Å². The Morgan fingerprint density at radius 1 is 1.08 bits per heavy atom. The van der Waals surface area contributed by atoms with E-state index in [1.165, 1.54) is 0 Å². The molecule has 1 N–H and O–H groups in total. The molecule has 2 heterocycles. The molecule has 1 fully saturated rings. The second-order valence-corrected chi connectivity index (χ2v) is 9.19. The Morgan fingerprint density at radius 3 is 2.53 bits per heavy atom. The third-order valence-corrected chi connectivity index (χ3v) is 6.23. The molecule has 1 atom stereocenters. The Hall–Kier alpha value is -3.97.